The molecular weight excluding hydrogens is 330 g/mol. The minimum Gasteiger partial charge on any atom is -0.472 e. The Morgan fingerprint density at radius 2 is 1.96 bits per heavy atom. The quantitative estimate of drug-likeness (QED) is 0.628. The second kappa shape index (κ2) is 9.19. The van der Waals surface area contributed by atoms with Crippen LogP contribution in [0.2, 0.25) is 0 Å². The van der Waals surface area contributed by atoms with Gasteiger partial charge in [-0.2, -0.15) is 0 Å². The minimum atomic E-state index is 0.199. The molecule has 0 bridgehead atoms. The molecule has 0 aliphatic heterocycles. The van der Waals surface area contributed by atoms with Gasteiger partial charge in [0.25, 0.3) is 5.88 Å². The molecule has 5 heteroatoms. The van der Waals surface area contributed by atoms with E-state index < -0.39 is 0 Å². The number of ether oxygens (including phenoxy) is 3. The van der Waals surface area contributed by atoms with Gasteiger partial charge in [0.2, 0.25) is 0 Å². The molecule has 1 aliphatic carbocycles. The Kier molecular flexibility index (Phi) is 6.69. The molecule has 1 aromatic carbocycles. The van der Waals surface area contributed by atoms with Gasteiger partial charge < -0.3 is 18.7 Å². The fraction of sp³-hybridized carbons (Fsp3) is 0.571. The standard InChI is InChI=1S/C21H29NO4/c1-15(2)19(14-23-3)20-11-21(22-26-20)25-18-9-17(10-18)13-24-12-16-7-5-4-6-8-16/h4-8,11,15,17-19H,9-10,12-14H2,1-3H3/t17-,18-,19?. The van der Waals surface area contributed by atoms with Crippen LogP contribution in [0, 0.1) is 11.8 Å². The van der Waals surface area contributed by atoms with Crippen LogP contribution in [-0.2, 0) is 16.1 Å². The molecule has 1 saturated carbocycles. The van der Waals surface area contributed by atoms with Gasteiger partial charge in [0.05, 0.1) is 19.8 Å². The van der Waals surface area contributed by atoms with Crippen LogP contribution in [-0.4, -0.2) is 31.6 Å². The van der Waals surface area contributed by atoms with E-state index in [-0.39, 0.29) is 12.0 Å². The van der Waals surface area contributed by atoms with Crippen molar-refractivity contribution in [2.24, 2.45) is 11.8 Å². The Labute approximate surface area is 155 Å². The first kappa shape index (κ1) is 18.9. The molecular formula is C21H29NO4. The van der Waals surface area contributed by atoms with Crippen LogP contribution in [0.15, 0.2) is 40.9 Å². The topological polar surface area (TPSA) is 53.7 Å². The van der Waals surface area contributed by atoms with Gasteiger partial charge in [-0.1, -0.05) is 44.2 Å². The SMILES string of the molecule is COCC(c1cc(O[C@H]2C[C@H](COCc3ccccc3)C2)no1)C(C)C. The number of methoxy groups -OCH3 is 1. The number of rotatable bonds is 10. The zero-order chi connectivity index (χ0) is 18.4. The Hall–Kier alpha value is -1.85. The summed E-state index contributed by atoms with van der Waals surface area (Å²) in [6.07, 6.45) is 2.21. The van der Waals surface area contributed by atoms with Crippen molar-refractivity contribution in [3.05, 3.63) is 47.7 Å². The maximum Gasteiger partial charge on any atom is 0.254 e. The third-order valence-electron chi connectivity index (χ3n) is 4.97. The molecule has 3 rings (SSSR count). The van der Waals surface area contributed by atoms with Gasteiger partial charge in [-0.3, -0.25) is 0 Å². The molecule has 5 nitrogen and oxygen atoms in total. The molecule has 2 aromatic rings. The van der Waals surface area contributed by atoms with Crippen molar-refractivity contribution < 1.29 is 18.7 Å². The summed E-state index contributed by atoms with van der Waals surface area (Å²) in [5, 5.41) is 4.07. The number of benzene rings is 1. The summed E-state index contributed by atoms with van der Waals surface area (Å²) in [7, 11) is 1.71. The van der Waals surface area contributed by atoms with E-state index in [4.69, 9.17) is 18.7 Å². The van der Waals surface area contributed by atoms with Crippen LogP contribution in [0.5, 0.6) is 5.88 Å². The summed E-state index contributed by atoms with van der Waals surface area (Å²) in [5.74, 6) is 2.59. The Bertz CT molecular complexity index is 649. The fourth-order valence-corrected chi connectivity index (χ4v) is 3.28. The molecule has 0 N–H and O–H groups in total. The summed E-state index contributed by atoms with van der Waals surface area (Å²) < 4.78 is 22.5. The maximum atomic E-state index is 5.93. The lowest BCUT2D eigenvalue weighted by atomic mass is 9.83. The highest BCUT2D eigenvalue weighted by molar-refractivity contribution is 5.16. The molecule has 0 saturated heterocycles. The zero-order valence-corrected chi connectivity index (χ0v) is 15.9. The lowest BCUT2D eigenvalue weighted by Crippen LogP contribution is -2.36. The van der Waals surface area contributed by atoms with Crippen molar-refractivity contribution in [3.8, 4) is 5.88 Å². The van der Waals surface area contributed by atoms with E-state index in [1.807, 2.05) is 24.3 Å². The highest BCUT2D eigenvalue weighted by atomic mass is 16.5. The Balaban J connectivity index is 1.38. The number of nitrogens with zero attached hydrogens (tertiary/aromatic N) is 1. The second-order valence-electron chi connectivity index (χ2n) is 7.45. The van der Waals surface area contributed by atoms with Gasteiger partial charge in [-0.05, 0) is 35.4 Å². The van der Waals surface area contributed by atoms with Crippen molar-refractivity contribution >= 4 is 0 Å². The molecule has 1 heterocycles. The van der Waals surface area contributed by atoms with E-state index in [1.54, 1.807) is 7.11 Å². The highest BCUT2D eigenvalue weighted by Gasteiger charge is 2.32. The molecule has 0 amide bonds. The number of hydrogen-bond donors (Lipinski definition) is 0. The largest absolute Gasteiger partial charge is 0.472 e. The summed E-state index contributed by atoms with van der Waals surface area (Å²) in [4.78, 5) is 0. The van der Waals surface area contributed by atoms with Crippen molar-refractivity contribution in [2.75, 3.05) is 20.3 Å². The predicted octanol–water partition coefficient (Wildman–Crippen LogP) is 4.43. The van der Waals surface area contributed by atoms with E-state index in [2.05, 4.69) is 31.1 Å². The van der Waals surface area contributed by atoms with Crippen LogP contribution in [0.4, 0.5) is 0 Å². The van der Waals surface area contributed by atoms with Crippen LogP contribution in [0.25, 0.3) is 0 Å². The lowest BCUT2D eigenvalue weighted by molar-refractivity contribution is -0.00540. The number of aromatic nitrogens is 1. The van der Waals surface area contributed by atoms with Crippen molar-refractivity contribution in [1.82, 2.24) is 5.16 Å². The van der Waals surface area contributed by atoms with Gasteiger partial charge in [-0.25, -0.2) is 0 Å². The molecule has 1 aliphatic rings. The van der Waals surface area contributed by atoms with Crippen LogP contribution < -0.4 is 4.74 Å². The summed E-state index contributed by atoms with van der Waals surface area (Å²) >= 11 is 0. The zero-order valence-electron chi connectivity index (χ0n) is 15.9. The third-order valence-corrected chi connectivity index (χ3v) is 4.97. The predicted molar refractivity (Wildman–Crippen MR) is 99.2 cm³/mol. The van der Waals surface area contributed by atoms with E-state index >= 15 is 0 Å². The Morgan fingerprint density at radius 3 is 2.65 bits per heavy atom. The summed E-state index contributed by atoms with van der Waals surface area (Å²) in [6.45, 7) is 6.38. The van der Waals surface area contributed by atoms with Gasteiger partial charge in [0.1, 0.15) is 11.9 Å². The molecule has 1 aromatic heterocycles. The summed E-state index contributed by atoms with van der Waals surface area (Å²) in [6, 6.07) is 12.2. The molecule has 0 radical (unpaired) electrons. The minimum absolute atomic E-state index is 0.199. The number of hydrogen-bond acceptors (Lipinski definition) is 5. The average Bonchev–Trinajstić information content (AvgIpc) is 3.06. The molecule has 1 unspecified atom stereocenters. The maximum absolute atomic E-state index is 5.93. The smallest absolute Gasteiger partial charge is 0.254 e. The van der Waals surface area contributed by atoms with Crippen molar-refractivity contribution in [2.45, 2.75) is 45.3 Å². The molecule has 0 spiro atoms. The fourth-order valence-electron chi connectivity index (χ4n) is 3.28. The first-order chi connectivity index (χ1) is 12.7. The van der Waals surface area contributed by atoms with Gasteiger partial charge in [0.15, 0.2) is 0 Å². The van der Waals surface area contributed by atoms with Crippen molar-refractivity contribution in [3.63, 3.8) is 0 Å². The third kappa shape index (κ3) is 5.08. The highest BCUT2D eigenvalue weighted by Crippen LogP contribution is 2.33. The van der Waals surface area contributed by atoms with Gasteiger partial charge in [0, 0.05) is 19.1 Å². The van der Waals surface area contributed by atoms with E-state index in [0.717, 1.165) is 25.2 Å². The van der Waals surface area contributed by atoms with E-state index in [1.165, 1.54) is 5.56 Å². The second-order valence-corrected chi connectivity index (χ2v) is 7.45. The summed E-state index contributed by atoms with van der Waals surface area (Å²) in [5.41, 5.74) is 1.21. The van der Waals surface area contributed by atoms with Gasteiger partial charge in [-0.15, -0.1) is 0 Å². The Morgan fingerprint density at radius 1 is 1.19 bits per heavy atom. The first-order valence-corrected chi connectivity index (χ1v) is 9.39. The normalized spacial score (nSPS) is 20.8. The van der Waals surface area contributed by atoms with Crippen molar-refractivity contribution in [1.29, 1.82) is 0 Å². The molecule has 142 valence electrons. The molecule has 26 heavy (non-hydrogen) atoms. The van der Waals surface area contributed by atoms with Crippen LogP contribution in [0.1, 0.15) is 43.9 Å². The van der Waals surface area contributed by atoms with E-state index in [9.17, 15) is 0 Å². The molecule has 1 fully saturated rings. The van der Waals surface area contributed by atoms with E-state index in [0.29, 0.717) is 30.9 Å². The molecule has 1 atom stereocenters. The monoisotopic (exact) mass is 359 g/mol. The average molecular weight is 359 g/mol. The van der Waals surface area contributed by atoms with Gasteiger partial charge >= 0.3 is 0 Å². The lowest BCUT2D eigenvalue weighted by Gasteiger charge is -2.34. The van der Waals surface area contributed by atoms with Crippen LogP contribution >= 0.6 is 0 Å². The first-order valence-electron chi connectivity index (χ1n) is 9.39. The van der Waals surface area contributed by atoms with Crippen LogP contribution in [0.3, 0.4) is 0 Å².